The molecule has 0 saturated carbocycles. The fraction of sp³-hybridized carbons (Fsp3) is 0.429. The molecule has 0 radical (unpaired) electrons. The zero-order valence-corrected chi connectivity index (χ0v) is 7.38. The molecule has 0 bridgehead atoms. The smallest absolute Gasteiger partial charge is 0.265 e. The molecular formula is C7H10N2O2S. The summed E-state index contributed by atoms with van der Waals surface area (Å²) < 4.78 is 1.29. The molecule has 0 spiro atoms. The minimum atomic E-state index is -0.256. The van der Waals surface area contributed by atoms with Crippen molar-refractivity contribution in [3.8, 4) is 0 Å². The first-order chi connectivity index (χ1) is 5.74. The van der Waals surface area contributed by atoms with Crippen molar-refractivity contribution in [2.75, 3.05) is 5.75 Å². The number of nitrogens with zero attached hydrogens (tertiary/aromatic N) is 1. The number of hydrogen-bond acceptors (Lipinski definition) is 3. The van der Waals surface area contributed by atoms with Gasteiger partial charge in [-0.1, -0.05) is 0 Å². The summed E-state index contributed by atoms with van der Waals surface area (Å²) in [5, 5.41) is 2.43. The molecule has 0 saturated heterocycles. The Bertz CT molecular complexity index is 355. The summed E-state index contributed by atoms with van der Waals surface area (Å²) in [6, 6.07) is 2.48. The number of aryl methyl sites for hydroxylation is 1. The van der Waals surface area contributed by atoms with Gasteiger partial charge in [-0.15, -0.1) is 0 Å². The molecule has 1 heterocycles. The van der Waals surface area contributed by atoms with Crippen molar-refractivity contribution in [2.45, 2.75) is 13.0 Å². The number of rotatable bonds is 3. The Kier molecular flexibility index (Phi) is 3.16. The van der Waals surface area contributed by atoms with Crippen molar-refractivity contribution in [3.63, 3.8) is 0 Å². The quantitative estimate of drug-likeness (QED) is 0.645. The van der Waals surface area contributed by atoms with Crippen LogP contribution in [0, 0.1) is 0 Å². The Balaban J connectivity index is 2.90. The molecule has 0 atom stereocenters. The van der Waals surface area contributed by atoms with Crippen LogP contribution in [-0.4, -0.2) is 15.5 Å². The average Bonchev–Trinajstić information content (AvgIpc) is 2.07. The molecule has 0 aliphatic carbocycles. The minimum Gasteiger partial charge on any atom is -0.268 e. The topological polar surface area (TPSA) is 54.9 Å². The van der Waals surface area contributed by atoms with Crippen LogP contribution in [0.2, 0.25) is 0 Å². The molecule has 0 fully saturated rings. The third-order valence-electron chi connectivity index (χ3n) is 1.43. The molecule has 66 valence electrons. The second kappa shape index (κ2) is 4.15. The zero-order valence-electron chi connectivity index (χ0n) is 6.49. The van der Waals surface area contributed by atoms with E-state index >= 15 is 0 Å². The number of aromatic nitrogens is 2. The van der Waals surface area contributed by atoms with Gasteiger partial charge in [0.2, 0.25) is 0 Å². The maximum Gasteiger partial charge on any atom is 0.265 e. The van der Waals surface area contributed by atoms with Crippen molar-refractivity contribution in [3.05, 3.63) is 32.8 Å². The average molecular weight is 186 g/mol. The third kappa shape index (κ3) is 2.27. The highest BCUT2D eigenvalue weighted by atomic mass is 32.1. The monoisotopic (exact) mass is 186 g/mol. The van der Waals surface area contributed by atoms with Crippen molar-refractivity contribution in [1.29, 1.82) is 0 Å². The molecule has 1 rings (SSSR count). The van der Waals surface area contributed by atoms with Crippen LogP contribution in [-0.2, 0) is 6.54 Å². The lowest BCUT2D eigenvalue weighted by molar-refractivity contribution is 0.563. The molecule has 0 unspecified atom stereocenters. The highest BCUT2D eigenvalue weighted by Gasteiger charge is 1.93. The van der Waals surface area contributed by atoms with Gasteiger partial charge in [-0.25, -0.2) is 0 Å². The molecule has 0 aliphatic rings. The normalized spacial score (nSPS) is 10.1. The largest absolute Gasteiger partial charge is 0.268 e. The van der Waals surface area contributed by atoms with Crippen LogP contribution in [0.25, 0.3) is 0 Å². The van der Waals surface area contributed by atoms with Gasteiger partial charge >= 0.3 is 0 Å². The second-order valence-electron chi connectivity index (χ2n) is 2.38. The fourth-order valence-electron chi connectivity index (χ4n) is 0.857. The lowest BCUT2D eigenvalue weighted by atomic mass is 10.5. The first kappa shape index (κ1) is 9.12. The van der Waals surface area contributed by atoms with Crippen LogP contribution in [0.1, 0.15) is 6.42 Å². The zero-order chi connectivity index (χ0) is 8.97. The molecular weight excluding hydrogens is 176 g/mol. The summed E-state index contributed by atoms with van der Waals surface area (Å²) in [6.07, 6.45) is 0.767. The van der Waals surface area contributed by atoms with Gasteiger partial charge in [0.15, 0.2) is 0 Å². The van der Waals surface area contributed by atoms with Gasteiger partial charge in [0.05, 0.1) is 0 Å². The van der Waals surface area contributed by atoms with E-state index in [1.807, 2.05) is 0 Å². The van der Waals surface area contributed by atoms with Crippen LogP contribution >= 0.6 is 12.6 Å². The summed E-state index contributed by atoms with van der Waals surface area (Å²) in [4.78, 5) is 21.8. The number of nitrogens with one attached hydrogen (secondary N) is 1. The number of aromatic amines is 1. The van der Waals surface area contributed by atoms with Gasteiger partial charge in [-0.3, -0.25) is 19.4 Å². The Morgan fingerprint density at radius 1 is 1.42 bits per heavy atom. The molecule has 1 N–H and O–H groups in total. The Hall–Kier alpha value is -0.970. The lowest BCUT2D eigenvalue weighted by Gasteiger charge is -2.01. The van der Waals surface area contributed by atoms with Gasteiger partial charge in [0, 0.05) is 18.7 Å². The van der Waals surface area contributed by atoms with Crippen molar-refractivity contribution in [1.82, 2.24) is 9.78 Å². The Labute approximate surface area is 74.6 Å². The number of thiol groups is 1. The van der Waals surface area contributed by atoms with Crippen LogP contribution in [0.5, 0.6) is 0 Å². The Morgan fingerprint density at radius 3 is 2.83 bits per heavy atom. The van der Waals surface area contributed by atoms with E-state index in [2.05, 4.69) is 17.7 Å². The Morgan fingerprint density at radius 2 is 2.17 bits per heavy atom. The van der Waals surface area contributed by atoms with E-state index < -0.39 is 0 Å². The van der Waals surface area contributed by atoms with Gasteiger partial charge in [-0.05, 0) is 12.2 Å². The molecule has 4 nitrogen and oxygen atoms in total. The maximum absolute atomic E-state index is 11.0. The molecule has 0 amide bonds. The van der Waals surface area contributed by atoms with Crippen LogP contribution < -0.4 is 11.1 Å². The van der Waals surface area contributed by atoms with E-state index in [1.54, 1.807) is 0 Å². The van der Waals surface area contributed by atoms with Gasteiger partial charge in [0.1, 0.15) is 0 Å². The predicted molar refractivity (Wildman–Crippen MR) is 49.8 cm³/mol. The maximum atomic E-state index is 11.0. The van der Waals surface area contributed by atoms with E-state index in [0.717, 1.165) is 6.42 Å². The first-order valence-corrected chi connectivity index (χ1v) is 4.28. The fourth-order valence-corrected chi connectivity index (χ4v) is 0.999. The van der Waals surface area contributed by atoms with Gasteiger partial charge in [-0.2, -0.15) is 12.6 Å². The van der Waals surface area contributed by atoms with E-state index in [4.69, 9.17) is 0 Å². The summed E-state index contributed by atoms with van der Waals surface area (Å²) in [7, 11) is 0. The lowest BCUT2D eigenvalue weighted by Crippen LogP contribution is -2.28. The molecule has 5 heteroatoms. The van der Waals surface area contributed by atoms with Crippen molar-refractivity contribution in [2.24, 2.45) is 0 Å². The van der Waals surface area contributed by atoms with E-state index in [1.165, 1.54) is 16.8 Å². The molecule has 12 heavy (non-hydrogen) atoms. The SMILES string of the molecule is O=c1ccc(=O)n(CCCS)[nH]1. The van der Waals surface area contributed by atoms with E-state index in [0.29, 0.717) is 12.3 Å². The number of H-pyrrole nitrogens is 1. The second-order valence-corrected chi connectivity index (χ2v) is 2.82. The standard InChI is InChI=1S/C7H10N2O2S/c10-6-2-3-7(11)9(8-6)4-1-5-12/h2-3,12H,1,4-5H2,(H,8,10). The van der Waals surface area contributed by atoms with E-state index in [9.17, 15) is 9.59 Å². The highest BCUT2D eigenvalue weighted by Crippen LogP contribution is 1.84. The molecule has 1 aromatic heterocycles. The summed E-state index contributed by atoms with van der Waals surface area (Å²) in [5.74, 6) is 0.698. The van der Waals surface area contributed by atoms with Crippen LogP contribution in [0.3, 0.4) is 0 Å². The van der Waals surface area contributed by atoms with Crippen molar-refractivity contribution < 1.29 is 0 Å². The molecule has 1 aromatic rings. The predicted octanol–water partition coefficient (Wildman–Crippen LogP) is -0.143. The minimum absolute atomic E-state index is 0.184. The van der Waals surface area contributed by atoms with E-state index in [-0.39, 0.29) is 11.1 Å². The van der Waals surface area contributed by atoms with Gasteiger partial charge < -0.3 is 0 Å². The summed E-state index contributed by atoms with van der Waals surface area (Å²) >= 11 is 4.00. The summed E-state index contributed by atoms with van der Waals surface area (Å²) in [5.41, 5.74) is -0.440. The van der Waals surface area contributed by atoms with Crippen molar-refractivity contribution >= 4 is 12.6 Å². The summed E-state index contributed by atoms with van der Waals surface area (Å²) in [6.45, 7) is 0.512. The molecule has 0 aromatic carbocycles. The first-order valence-electron chi connectivity index (χ1n) is 3.65. The molecule has 0 aliphatic heterocycles. The highest BCUT2D eigenvalue weighted by molar-refractivity contribution is 7.80. The van der Waals surface area contributed by atoms with Crippen LogP contribution in [0.15, 0.2) is 21.7 Å². The third-order valence-corrected chi connectivity index (χ3v) is 1.74. The number of hydrogen-bond donors (Lipinski definition) is 2. The van der Waals surface area contributed by atoms with Crippen LogP contribution in [0.4, 0.5) is 0 Å². The van der Waals surface area contributed by atoms with Gasteiger partial charge in [0.25, 0.3) is 11.1 Å².